The molecule has 0 aliphatic carbocycles. The van der Waals surface area contributed by atoms with Crippen molar-refractivity contribution >= 4 is 45.5 Å². The van der Waals surface area contributed by atoms with Crippen molar-refractivity contribution < 1.29 is 9.53 Å². The maximum absolute atomic E-state index is 12.4. The van der Waals surface area contributed by atoms with Gasteiger partial charge in [-0.1, -0.05) is 36.9 Å². The molecule has 3 aromatic rings. The number of thiophene rings is 1. The lowest BCUT2D eigenvalue weighted by Gasteiger charge is -2.14. The Kier molecular flexibility index (Phi) is 7.13. The number of carbonyl (C=O) groups excluding carboxylic acids is 1. The molecule has 1 aliphatic heterocycles. The Morgan fingerprint density at radius 1 is 1.30 bits per heavy atom. The van der Waals surface area contributed by atoms with Gasteiger partial charge in [-0.05, 0) is 31.7 Å². The summed E-state index contributed by atoms with van der Waals surface area (Å²) in [5, 5.41) is 24.0. The van der Waals surface area contributed by atoms with Gasteiger partial charge >= 0.3 is 0 Å². The number of hydrogen-bond acceptors (Lipinski definition) is 9. The van der Waals surface area contributed by atoms with Crippen LogP contribution >= 0.6 is 34.4 Å². The van der Waals surface area contributed by atoms with Gasteiger partial charge in [0.05, 0.1) is 18.4 Å². The van der Waals surface area contributed by atoms with Gasteiger partial charge in [-0.2, -0.15) is 0 Å². The highest BCUT2D eigenvalue weighted by Gasteiger charge is 2.23. The highest BCUT2D eigenvalue weighted by Crippen LogP contribution is 2.29. The van der Waals surface area contributed by atoms with E-state index in [2.05, 4.69) is 48.6 Å². The van der Waals surface area contributed by atoms with Crippen molar-refractivity contribution in [3.63, 3.8) is 0 Å². The number of ether oxygens (including phenoxy) is 1. The van der Waals surface area contributed by atoms with Gasteiger partial charge in [0.1, 0.15) is 5.01 Å². The first-order chi connectivity index (χ1) is 14.7. The number of amides is 1. The molecule has 0 saturated carbocycles. The maximum atomic E-state index is 12.4. The summed E-state index contributed by atoms with van der Waals surface area (Å²) in [6.45, 7) is 5.65. The van der Waals surface area contributed by atoms with Gasteiger partial charge < -0.3 is 4.74 Å². The molecule has 1 unspecified atom stereocenters. The van der Waals surface area contributed by atoms with Crippen molar-refractivity contribution in [3.05, 3.63) is 21.3 Å². The summed E-state index contributed by atoms with van der Waals surface area (Å²) in [5.41, 5.74) is 1.07. The minimum atomic E-state index is -0.129. The number of carbonyl (C=O) groups is 1. The van der Waals surface area contributed by atoms with Crippen LogP contribution in [0.1, 0.15) is 36.6 Å². The van der Waals surface area contributed by atoms with Gasteiger partial charge in [0.25, 0.3) is 0 Å². The lowest BCUT2D eigenvalue weighted by Crippen LogP contribution is -2.18. The van der Waals surface area contributed by atoms with Crippen LogP contribution in [-0.4, -0.2) is 49.3 Å². The Morgan fingerprint density at radius 3 is 2.90 bits per heavy atom. The molecule has 11 heteroatoms. The summed E-state index contributed by atoms with van der Waals surface area (Å²) in [4.78, 5) is 13.7. The third kappa shape index (κ3) is 5.08. The molecular weight excluding hydrogens is 440 g/mol. The molecule has 0 radical (unpaired) electrons. The Balaban J connectivity index is 1.47. The molecule has 160 valence electrons. The number of hydrogen-bond donors (Lipinski definition) is 1. The minimum absolute atomic E-state index is 0.129. The van der Waals surface area contributed by atoms with Crippen LogP contribution < -0.4 is 5.32 Å². The fourth-order valence-electron chi connectivity index (χ4n) is 3.18. The average molecular weight is 465 g/mol. The fraction of sp³-hybridized carbons (Fsp3) is 0.526. The number of rotatable bonds is 9. The van der Waals surface area contributed by atoms with Crippen LogP contribution in [0.5, 0.6) is 0 Å². The van der Waals surface area contributed by atoms with Crippen LogP contribution in [0.4, 0.5) is 5.13 Å². The third-order valence-corrected chi connectivity index (χ3v) is 7.77. The fourth-order valence-corrected chi connectivity index (χ4v) is 5.44. The normalized spacial score (nSPS) is 16.3. The van der Waals surface area contributed by atoms with E-state index in [4.69, 9.17) is 4.74 Å². The molecule has 4 heterocycles. The van der Waals surface area contributed by atoms with E-state index in [1.165, 1.54) is 28.0 Å². The van der Waals surface area contributed by atoms with E-state index in [9.17, 15) is 4.79 Å². The summed E-state index contributed by atoms with van der Waals surface area (Å²) in [6, 6.07) is 2.17. The summed E-state index contributed by atoms with van der Waals surface area (Å²) in [6.07, 6.45) is 4.07. The molecule has 1 amide bonds. The zero-order chi connectivity index (χ0) is 20.9. The average Bonchev–Trinajstić information content (AvgIpc) is 3.54. The smallest absolute Gasteiger partial charge is 0.236 e. The van der Waals surface area contributed by atoms with Crippen molar-refractivity contribution in [2.45, 2.75) is 57.3 Å². The van der Waals surface area contributed by atoms with Crippen molar-refractivity contribution in [1.82, 2.24) is 25.0 Å². The van der Waals surface area contributed by atoms with Crippen LogP contribution in [-0.2, 0) is 28.9 Å². The molecule has 1 N–H and O–H groups in total. The zero-order valence-corrected chi connectivity index (χ0v) is 19.4. The monoisotopic (exact) mass is 464 g/mol. The predicted octanol–water partition coefficient (Wildman–Crippen LogP) is 3.89. The van der Waals surface area contributed by atoms with Crippen molar-refractivity contribution in [2.24, 2.45) is 0 Å². The van der Waals surface area contributed by atoms with E-state index in [0.29, 0.717) is 11.7 Å². The molecule has 0 aromatic carbocycles. The van der Waals surface area contributed by atoms with E-state index in [0.717, 1.165) is 53.8 Å². The molecular formula is C19H24N6O2S3. The summed E-state index contributed by atoms with van der Waals surface area (Å²) in [5.74, 6) is 0.936. The molecule has 1 fully saturated rings. The topological polar surface area (TPSA) is 94.8 Å². The molecule has 0 spiro atoms. The molecule has 30 heavy (non-hydrogen) atoms. The van der Waals surface area contributed by atoms with Crippen molar-refractivity contribution in [3.8, 4) is 11.4 Å². The standard InChI is InChI=1S/C19H24N6O2S3/c1-3-14-8-12(10-28-14)17-22-24-19(25(17)9-13-6-5-7-27-13)29-11-15(26)20-18-23-21-16(4-2)30-18/h8,10,13H,3-7,9,11H2,1-2H3,(H,20,23,26). The summed E-state index contributed by atoms with van der Waals surface area (Å²) < 4.78 is 7.93. The highest BCUT2D eigenvalue weighted by atomic mass is 32.2. The lowest BCUT2D eigenvalue weighted by molar-refractivity contribution is -0.113. The van der Waals surface area contributed by atoms with Crippen LogP contribution in [0, 0.1) is 0 Å². The van der Waals surface area contributed by atoms with Gasteiger partial charge in [0.15, 0.2) is 11.0 Å². The van der Waals surface area contributed by atoms with E-state index >= 15 is 0 Å². The Labute approximate surface area is 187 Å². The quantitative estimate of drug-likeness (QED) is 0.480. The van der Waals surface area contributed by atoms with Crippen LogP contribution in [0.25, 0.3) is 11.4 Å². The van der Waals surface area contributed by atoms with E-state index in [-0.39, 0.29) is 17.8 Å². The molecule has 1 atom stereocenters. The number of thioether (sulfide) groups is 1. The maximum Gasteiger partial charge on any atom is 0.236 e. The summed E-state index contributed by atoms with van der Waals surface area (Å²) >= 11 is 4.51. The van der Waals surface area contributed by atoms with Gasteiger partial charge in [-0.25, -0.2) is 0 Å². The van der Waals surface area contributed by atoms with Crippen molar-refractivity contribution in [2.75, 3.05) is 17.7 Å². The first-order valence-corrected chi connectivity index (χ1v) is 12.7. The number of nitrogens with zero attached hydrogens (tertiary/aromatic N) is 5. The second-order valence-corrected chi connectivity index (χ2v) is 9.90. The molecule has 4 rings (SSSR count). The van der Waals surface area contributed by atoms with Crippen LogP contribution in [0.3, 0.4) is 0 Å². The molecule has 0 bridgehead atoms. The Bertz CT molecular complexity index is 992. The van der Waals surface area contributed by atoms with Gasteiger partial charge in [-0.3, -0.25) is 14.7 Å². The zero-order valence-electron chi connectivity index (χ0n) is 17.0. The van der Waals surface area contributed by atoms with Gasteiger partial charge in [-0.15, -0.1) is 31.7 Å². The first-order valence-electron chi connectivity index (χ1n) is 10.0. The first kappa shape index (κ1) is 21.4. The lowest BCUT2D eigenvalue weighted by atomic mass is 10.2. The highest BCUT2D eigenvalue weighted by molar-refractivity contribution is 7.99. The second kappa shape index (κ2) is 9.99. The molecule has 3 aromatic heterocycles. The second-order valence-electron chi connectivity index (χ2n) is 6.90. The van der Waals surface area contributed by atoms with Gasteiger partial charge in [0, 0.05) is 22.4 Å². The number of anilines is 1. The summed E-state index contributed by atoms with van der Waals surface area (Å²) in [7, 11) is 0. The number of nitrogens with one attached hydrogen (secondary N) is 1. The SMILES string of the molecule is CCc1cc(-c2nnc(SCC(=O)Nc3nnc(CC)s3)n2CC2CCCO2)cs1. The molecule has 1 saturated heterocycles. The molecule has 8 nitrogen and oxygen atoms in total. The molecule has 1 aliphatic rings. The van der Waals surface area contributed by atoms with Crippen molar-refractivity contribution in [1.29, 1.82) is 0 Å². The van der Waals surface area contributed by atoms with Crippen LogP contribution in [0.2, 0.25) is 0 Å². The van der Waals surface area contributed by atoms with E-state index < -0.39 is 0 Å². The largest absolute Gasteiger partial charge is 0.376 e. The van der Waals surface area contributed by atoms with E-state index in [1.54, 1.807) is 11.3 Å². The van der Waals surface area contributed by atoms with E-state index in [1.807, 2.05) is 6.92 Å². The number of aryl methyl sites for hydroxylation is 2. The Hall–Kier alpha value is -1.82. The predicted molar refractivity (Wildman–Crippen MR) is 120 cm³/mol. The third-order valence-electron chi connectivity index (χ3n) is 4.74. The van der Waals surface area contributed by atoms with Gasteiger partial charge in [0.2, 0.25) is 11.0 Å². The van der Waals surface area contributed by atoms with Crippen LogP contribution in [0.15, 0.2) is 16.6 Å². The number of aromatic nitrogens is 5. The Morgan fingerprint density at radius 2 is 2.20 bits per heavy atom. The minimum Gasteiger partial charge on any atom is -0.376 e.